The monoisotopic (exact) mass is 269 g/mol. The fraction of sp³-hybridized carbons (Fsp3) is 0.333. The predicted molar refractivity (Wildman–Crippen MR) is 84.2 cm³/mol. The summed E-state index contributed by atoms with van der Waals surface area (Å²) < 4.78 is 5.27. The fourth-order valence-corrected chi connectivity index (χ4v) is 2.34. The Morgan fingerprint density at radius 3 is 2.60 bits per heavy atom. The average Bonchev–Trinajstić information content (AvgIpc) is 2.46. The third-order valence-corrected chi connectivity index (χ3v) is 3.69. The average molecular weight is 269 g/mol. The summed E-state index contributed by atoms with van der Waals surface area (Å²) in [6.07, 6.45) is 0. The van der Waals surface area contributed by atoms with Crippen LogP contribution in [0.4, 0.5) is 0 Å². The van der Waals surface area contributed by atoms with E-state index in [0.29, 0.717) is 6.04 Å². The van der Waals surface area contributed by atoms with Gasteiger partial charge in [0.15, 0.2) is 0 Å². The third kappa shape index (κ3) is 3.61. The topological polar surface area (TPSA) is 21.3 Å². The first-order chi connectivity index (χ1) is 9.60. The van der Waals surface area contributed by atoms with Crippen molar-refractivity contribution < 1.29 is 4.74 Å². The van der Waals surface area contributed by atoms with Gasteiger partial charge in [0, 0.05) is 12.6 Å². The van der Waals surface area contributed by atoms with Crippen molar-refractivity contribution in [2.24, 2.45) is 0 Å². The zero-order valence-electron chi connectivity index (χ0n) is 12.7. The van der Waals surface area contributed by atoms with E-state index in [-0.39, 0.29) is 0 Å². The molecule has 20 heavy (non-hydrogen) atoms. The second-order valence-corrected chi connectivity index (χ2v) is 5.31. The van der Waals surface area contributed by atoms with Crippen molar-refractivity contribution in [1.82, 2.24) is 5.32 Å². The van der Waals surface area contributed by atoms with E-state index >= 15 is 0 Å². The lowest BCUT2D eigenvalue weighted by Crippen LogP contribution is -2.18. The minimum atomic E-state index is 0.297. The molecule has 0 bridgehead atoms. The van der Waals surface area contributed by atoms with E-state index in [2.05, 4.69) is 56.4 Å². The SMILES string of the molecule is COc1cccc([C@H](C)NCc2ccc(C)cc2C)c1. The zero-order valence-corrected chi connectivity index (χ0v) is 12.7. The zero-order chi connectivity index (χ0) is 14.5. The summed E-state index contributed by atoms with van der Waals surface area (Å²) in [4.78, 5) is 0. The maximum absolute atomic E-state index is 5.27. The van der Waals surface area contributed by atoms with Crippen LogP contribution >= 0.6 is 0 Å². The lowest BCUT2D eigenvalue weighted by molar-refractivity contribution is 0.413. The first-order valence-corrected chi connectivity index (χ1v) is 7.03. The molecule has 2 nitrogen and oxygen atoms in total. The lowest BCUT2D eigenvalue weighted by Gasteiger charge is -2.16. The number of ether oxygens (including phenoxy) is 1. The van der Waals surface area contributed by atoms with Gasteiger partial charge >= 0.3 is 0 Å². The summed E-state index contributed by atoms with van der Waals surface area (Å²) in [5.74, 6) is 0.905. The summed E-state index contributed by atoms with van der Waals surface area (Å²) in [5.41, 5.74) is 5.25. The molecule has 0 unspecified atom stereocenters. The quantitative estimate of drug-likeness (QED) is 0.880. The Morgan fingerprint density at radius 1 is 1.10 bits per heavy atom. The normalized spacial score (nSPS) is 12.2. The summed E-state index contributed by atoms with van der Waals surface area (Å²) in [6.45, 7) is 7.35. The standard InChI is InChI=1S/C18H23NO/c1-13-8-9-17(14(2)10-13)12-19-15(3)16-6-5-7-18(11-16)20-4/h5-11,15,19H,12H2,1-4H3/t15-/m0/s1. The van der Waals surface area contributed by atoms with Gasteiger partial charge in [0.2, 0.25) is 0 Å². The number of aryl methyl sites for hydroxylation is 2. The smallest absolute Gasteiger partial charge is 0.119 e. The molecule has 0 aliphatic rings. The van der Waals surface area contributed by atoms with Crippen molar-refractivity contribution in [3.8, 4) is 5.75 Å². The Labute approximate surface area is 121 Å². The van der Waals surface area contributed by atoms with Crippen molar-refractivity contribution in [1.29, 1.82) is 0 Å². The summed E-state index contributed by atoms with van der Waals surface area (Å²) in [5, 5.41) is 3.57. The second kappa shape index (κ2) is 6.58. The molecule has 0 aromatic heterocycles. The van der Waals surface area contributed by atoms with E-state index < -0.39 is 0 Å². The Morgan fingerprint density at radius 2 is 1.90 bits per heavy atom. The Bertz CT molecular complexity index is 577. The molecule has 0 fully saturated rings. The third-order valence-electron chi connectivity index (χ3n) is 3.69. The maximum atomic E-state index is 5.27. The molecule has 1 atom stereocenters. The Hall–Kier alpha value is -1.80. The van der Waals surface area contributed by atoms with Crippen LogP contribution in [-0.2, 0) is 6.54 Å². The molecule has 0 aliphatic carbocycles. The molecule has 0 spiro atoms. The molecule has 2 heteroatoms. The van der Waals surface area contributed by atoms with Crippen molar-refractivity contribution in [2.45, 2.75) is 33.4 Å². The first-order valence-electron chi connectivity index (χ1n) is 7.03. The van der Waals surface area contributed by atoms with E-state index in [0.717, 1.165) is 12.3 Å². The number of hydrogen-bond acceptors (Lipinski definition) is 2. The van der Waals surface area contributed by atoms with Crippen molar-refractivity contribution in [3.05, 3.63) is 64.7 Å². The Kier molecular flexibility index (Phi) is 4.80. The highest BCUT2D eigenvalue weighted by Crippen LogP contribution is 2.19. The summed E-state index contributed by atoms with van der Waals surface area (Å²) >= 11 is 0. The van der Waals surface area contributed by atoms with Gasteiger partial charge in [-0.25, -0.2) is 0 Å². The van der Waals surface area contributed by atoms with Gasteiger partial charge in [-0.2, -0.15) is 0 Å². The van der Waals surface area contributed by atoms with Crippen LogP contribution in [0.2, 0.25) is 0 Å². The number of hydrogen-bond donors (Lipinski definition) is 1. The minimum absolute atomic E-state index is 0.297. The highest BCUT2D eigenvalue weighted by Gasteiger charge is 2.07. The van der Waals surface area contributed by atoms with Crippen LogP contribution in [0.15, 0.2) is 42.5 Å². The van der Waals surface area contributed by atoms with Gasteiger partial charge in [0.05, 0.1) is 7.11 Å². The molecule has 0 amide bonds. The first kappa shape index (κ1) is 14.6. The van der Waals surface area contributed by atoms with Gasteiger partial charge in [-0.05, 0) is 49.6 Å². The highest BCUT2D eigenvalue weighted by atomic mass is 16.5. The Balaban J connectivity index is 2.02. The van der Waals surface area contributed by atoms with E-state index in [9.17, 15) is 0 Å². The molecule has 0 saturated heterocycles. The van der Waals surface area contributed by atoms with Gasteiger partial charge in [-0.3, -0.25) is 0 Å². The van der Waals surface area contributed by atoms with Crippen molar-refractivity contribution in [2.75, 3.05) is 7.11 Å². The molecular formula is C18H23NO. The van der Waals surface area contributed by atoms with E-state index in [1.807, 2.05) is 12.1 Å². The van der Waals surface area contributed by atoms with Crippen LogP contribution in [0.25, 0.3) is 0 Å². The minimum Gasteiger partial charge on any atom is -0.497 e. The van der Waals surface area contributed by atoms with Crippen molar-refractivity contribution in [3.63, 3.8) is 0 Å². The van der Waals surface area contributed by atoms with Crippen LogP contribution in [-0.4, -0.2) is 7.11 Å². The van der Waals surface area contributed by atoms with E-state index in [1.54, 1.807) is 7.11 Å². The number of rotatable bonds is 5. The molecule has 0 saturated carbocycles. The van der Waals surface area contributed by atoms with Gasteiger partial charge in [0.1, 0.15) is 5.75 Å². The largest absolute Gasteiger partial charge is 0.497 e. The van der Waals surface area contributed by atoms with E-state index in [1.165, 1.54) is 22.3 Å². The van der Waals surface area contributed by atoms with Crippen LogP contribution in [0.1, 0.15) is 35.2 Å². The van der Waals surface area contributed by atoms with Gasteiger partial charge in [-0.1, -0.05) is 35.9 Å². The van der Waals surface area contributed by atoms with Crippen LogP contribution < -0.4 is 10.1 Å². The molecule has 0 aliphatic heterocycles. The van der Waals surface area contributed by atoms with E-state index in [4.69, 9.17) is 4.74 Å². The summed E-state index contributed by atoms with van der Waals surface area (Å²) in [7, 11) is 1.70. The van der Waals surface area contributed by atoms with Gasteiger partial charge < -0.3 is 10.1 Å². The molecule has 2 aromatic carbocycles. The van der Waals surface area contributed by atoms with Gasteiger partial charge in [-0.15, -0.1) is 0 Å². The second-order valence-electron chi connectivity index (χ2n) is 5.31. The number of benzene rings is 2. The molecule has 1 N–H and O–H groups in total. The highest BCUT2D eigenvalue weighted by molar-refractivity contribution is 5.32. The lowest BCUT2D eigenvalue weighted by atomic mass is 10.0. The fourth-order valence-electron chi connectivity index (χ4n) is 2.34. The van der Waals surface area contributed by atoms with Crippen LogP contribution in [0.5, 0.6) is 5.75 Å². The molecule has 0 heterocycles. The number of nitrogens with one attached hydrogen (secondary N) is 1. The number of methoxy groups -OCH3 is 1. The van der Waals surface area contributed by atoms with Crippen LogP contribution in [0.3, 0.4) is 0 Å². The molecular weight excluding hydrogens is 246 g/mol. The van der Waals surface area contributed by atoms with Gasteiger partial charge in [0.25, 0.3) is 0 Å². The van der Waals surface area contributed by atoms with Crippen molar-refractivity contribution >= 4 is 0 Å². The summed E-state index contributed by atoms with van der Waals surface area (Å²) in [6, 6.07) is 15.1. The predicted octanol–water partition coefficient (Wildman–Crippen LogP) is 4.16. The molecule has 0 radical (unpaired) electrons. The molecule has 106 valence electrons. The molecule has 2 rings (SSSR count). The van der Waals surface area contributed by atoms with Crippen LogP contribution in [0, 0.1) is 13.8 Å². The molecule has 2 aromatic rings. The maximum Gasteiger partial charge on any atom is 0.119 e.